The molecule has 1 atom stereocenters. The molecule has 0 aromatic heterocycles. The molecule has 0 heterocycles. The Labute approximate surface area is 101 Å². The van der Waals surface area contributed by atoms with Gasteiger partial charge in [0.2, 0.25) is 0 Å². The summed E-state index contributed by atoms with van der Waals surface area (Å²) in [4.78, 5) is 10.7. The second-order valence-corrected chi connectivity index (χ2v) is 3.64. The third-order valence-electron chi connectivity index (χ3n) is 2.23. The molecule has 2 nitrogen and oxygen atoms in total. The summed E-state index contributed by atoms with van der Waals surface area (Å²) in [5.74, 6) is -2.46. The third kappa shape index (κ3) is 4.20. The lowest BCUT2D eigenvalue weighted by Gasteiger charge is -2.16. The van der Waals surface area contributed by atoms with Gasteiger partial charge in [0.1, 0.15) is 5.82 Å². The summed E-state index contributed by atoms with van der Waals surface area (Å²) in [6.07, 6.45) is -3.61. The van der Waals surface area contributed by atoms with Crippen LogP contribution in [0.2, 0.25) is 0 Å². The van der Waals surface area contributed by atoms with Crippen molar-refractivity contribution in [3.8, 4) is 0 Å². The number of benzene rings is 1. The van der Waals surface area contributed by atoms with E-state index < -0.39 is 23.9 Å². The molecule has 0 bridgehead atoms. The van der Waals surface area contributed by atoms with Gasteiger partial charge in [0.25, 0.3) is 0 Å². The van der Waals surface area contributed by atoms with E-state index in [4.69, 9.17) is 0 Å². The van der Waals surface area contributed by atoms with E-state index in [1.807, 2.05) is 0 Å². The molecule has 18 heavy (non-hydrogen) atoms. The maximum absolute atomic E-state index is 12.6. The van der Waals surface area contributed by atoms with Crippen LogP contribution in [0.5, 0.6) is 0 Å². The number of rotatable bonds is 4. The first-order valence-corrected chi connectivity index (χ1v) is 5.07. The first-order valence-electron chi connectivity index (χ1n) is 5.07. The van der Waals surface area contributed by atoms with Gasteiger partial charge in [0.15, 0.2) is 0 Å². The monoisotopic (exact) mass is 261 g/mol. The number of nitrogens with one attached hydrogen (secondary N) is 1. The first-order chi connectivity index (χ1) is 8.32. The van der Waals surface area contributed by atoms with Gasteiger partial charge in [-0.1, -0.05) is 18.2 Å². The Balaban J connectivity index is 2.65. The molecule has 0 radical (unpaired) electrons. The van der Waals surface area contributed by atoms with E-state index in [9.17, 15) is 22.4 Å². The Morgan fingerprint density at radius 1 is 1.33 bits per heavy atom. The summed E-state index contributed by atoms with van der Waals surface area (Å²) in [5, 5.41) is 1.79. The average molecular weight is 261 g/mol. The minimum absolute atomic E-state index is 0.117. The van der Waals surface area contributed by atoms with Crippen LogP contribution in [0.3, 0.4) is 0 Å². The summed E-state index contributed by atoms with van der Waals surface area (Å²) in [7, 11) is 0. The van der Waals surface area contributed by atoms with Crippen LogP contribution in [0.25, 0.3) is 0 Å². The molecule has 1 amide bonds. The fourth-order valence-electron chi connectivity index (χ4n) is 1.32. The molecule has 0 aliphatic heterocycles. The number of hydrogen-bond donors (Lipinski definition) is 1. The van der Waals surface area contributed by atoms with E-state index in [1.165, 1.54) is 30.3 Å². The van der Waals surface area contributed by atoms with Gasteiger partial charge in [-0.05, 0) is 24.1 Å². The van der Waals surface area contributed by atoms with Crippen LogP contribution in [0, 0.1) is 5.82 Å². The van der Waals surface area contributed by atoms with Gasteiger partial charge in [-0.25, -0.2) is 4.39 Å². The molecule has 0 spiro atoms. The van der Waals surface area contributed by atoms with Gasteiger partial charge in [-0.2, -0.15) is 13.2 Å². The molecule has 0 aliphatic carbocycles. The van der Waals surface area contributed by atoms with Crippen LogP contribution >= 0.6 is 0 Å². The molecule has 0 aliphatic rings. The quantitative estimate of drug-likeness (QED) is 0.655. The van der Waals surface area contributed by atoms with Crippen molar-refractivity contribution in [2.75, 3.05) is 0 Å². The average Bonchev–Trinajstić information content (AvgIpc) is 2.29. The van der Waals surface area contributed by atoms with Crippen molar-refractivity contribution in [2.24, 2.45) is 0 Å². The lowest BCUT2D eigenvalue weighted by molar-refractivity contribution is -0.174. The van der Waals surface area contributed by atoms with Gasteiger partial charge in [0, 0.05) is 0 Å². The zero-order chi connectivity index (χ0) is 13.8. The number of amides is 1. The molecule has 1 aromatic rings. The van der Waals surface area contributed by atoms with E-state index in [1.54, 1.807) is 5.32 Å². The van der Waals surface area contributed by atoms with E-state index in [-0.39, 0.29) is 6.42 Å². The SMILES string of the molecule is C=CC(Cc1ccc(F)cc1)NC(=O)C(F)(F)F. The van der Waals surface area contributed by atoms with Gasteiger partial charge < -0.3 is 5.32 Å². The number of carbonyl (C=O) groups is 1. The molecule has 0 fully saturated rings. The van der Waals surface area contributed by atoms with Crippen LogP contribution in [-0.4, -0.2) is 18.1 Å². The minimum Gasteiger partial charge on any atom is -0.342 e. The lowest BCUT2D eigenvalue weighted by Crippen LogP contribution is -2.43. The molecule has 0 saturated carbocycles. The van der Waals surface area contributed by atoms with Gasteiger partial charge in [-0.15, -0.1) is 6.58 Å². The van der Waals surface area contributed by atoms with Crippen molar-refractivity contribution in [1.29, 1.82) is 0 Å². The molecule has 98 valence electrons. The molecule has 1 unspecified atom stereocenters. The van der Waals surface area contributed by atoms with Crippen molar-refractivity contribution >= 4 is 5.91 Å². The van der Waals surface area contributed by atoms with Gasteiger partial charge in [0.05, 0.1) is 6.04 Å². The van der Waals surface area contributed by atoms with Crippen LogP contribution in [0.15, 0.2) is 36.9 Å². The fraction of sp³-hybridized carbons (Fsp3) is 0.250. The summed E-state index contributed by atoms with van der Waals surface area (Å²) >= 11 is 0. The van der Waals surface area contributed by atoms with E-state index in [2.05, 4.69) is 6.58 Å². The summed E-state index contributed by atoms with van der Waals surface area (Å²) in [5.41, 5.74) is 0.601. The number of alkyl halides is 3. The molecule has 6 heteroatoms. The van der Waals surface area contributed by atoms with E-state index in [0.717, 1.165) is 0 Å². The van der Waals surface area contributed by atoms with Gasteiger partial charge in [-0.3, -0.25) is 4.79 Å². The highest BCUT2D eigenvalue weighted by atomic mass is 19.4. The smallest absolute Gasteiger partial charge is 0.342 e. The zero-order valence-corrected chi connectivity index (χ0v) is 9.30. The number of halogens is 4. The second-order valence-electron chi connectivity index (χ2n) is 3.64. The Morgan fingerprint density at radius 3 is 2.33 bits per heavy atom. The van der Waals surface area contributed by atoms with Crippen molar-refractivity contribution in [1.82, 2.24) is 5.32 Å². The van der Waals surface area contributed by atoms with Crippen LogP contribution in [0.1, 0.15) is 5.56 Å². The summed E-state index contributed by atoms with van der Waals surface area (Å²) in [6, 6.07) is 4.41. The number of carbonyl (C=O) groups excluding carboxylic acids is 1. The number of hydrogen-bond acceptors (Lipinski definition) is 1. The molecular formula is C12H11F4NO. The molecular weight excluding hydrogens is 250 g/mol. The molecule has 1 aromatic carbocycles. The molecule has 1 N–H and O–H groups in total. The van der Waals surface area contributed by atoms with Gasteiger partial charge >= 0.3 is 12.1 Å². The maximum Gasteiger partial charge on any atom is 0.471 e. The Kier molecular flexibility index (Phi) is 4.47. The van der Waals surface area contributed by atoms with Crippen molar-refractivity contribution in [2.45, 2.75) is 18.6 Å². The summed E-state index contributed by atoms with van der Waals surface area (Å²) in [6.45, 7) is 3.35. The highest BCUT2D eigenvalue weighted by Gasteiger charge is 2.39. The standard InChI is InChI=1S/C12H11F4NO/c1-2-10(17-11(18)12(14,15)16)7-8-3-5-9(13)6-4-8/h2-6,10H,1,7H2,(H,17,18). The van der Waals surface area contributed by atoms with Crippen LogP contribution in [-0.2, 0) is 11.2 Å². The lowest BCUT2D eigenvalue weighted by atomic mass is 10.1. The highest BCUT2D eigenvalue weighted by molar-refractivity contribution is 5.82. The van der Waals surface area contributed by atoms with E-state index >= 15 is 0 Å². The fourth-order valence-corrected chi connectivity index (χ4v) is 1.32. The maximum atomic E-state index is 12.6. The largest absolute Gasteiger partial charge is 0.471 e. The normalized spacial score (nSPS) is 12.9. The predicted molar refractivity (Wildman–Crippen MR) is 58.3 cm³/mol. The first kappa shape index (κ1) is 14.2. The predicted octanol–water partition coefficient (Wildman–Crippen LogP) is 2.60. The van der Waals surface area contributed by atoms with Crippen molar-refractivity contribution in [3.05, 3.63) is 48.3 Å². The van der Waals surface area contributed by atoms with Crippen molar-refractivity contribution in [3.63, 3.8) is 0 Å². The zero-order valence-electron chi connectivity index (χ0n) is 9.30. The van der Waals surface area contributed by atoms with Crippen molar-refractivity contribution < 1.29 is 22.4 Å². The van der Waals surface area contributed by atoms with Crippen LogP contribution in [0.4, 0.5) is 17.6 Å². The second kappa shape index (κ2) is 5.66. The summed E-state index contributed by atoms with van der Waals surface area (Å²) < 4.78 is 48.8. The highest BCUT2D eigenvalue weighted by Crippen LogP contribution is 2.15. The topological polar surface area (TPSA) is 29.1 Å². The van der Waals surface area contributed by atoms with E-state index in [0.29, 0.717) is 5.56 Å². The van der Waals surface area contributed by atoms with Crippen LogP contribution < -0.4 is 5.32 Å². The molecule has 1 rings (SSSR count). The Bertz CT molecular complexity index is 425. The third-order valence-corrected chi connectivity index (χ3v) is 2.23. The minimum atomic E-state index is -4.93. The molecule has 0 saturated heterocycles. The Morgan fingerprint density at radius 2 is 1.89 bits per heavy atom. The Hall–Kier alpha value is -1.85.